The zero-order chi connectivity index (χ0) is 17.5. The molecule has 0 amide bonds. The summed E-state index contributed by atoms with van der Waals surface area (Å²) < 4.78 is 3.70. The summed E-state index contributed by atoms with van der Waals surface area (Å²) in [6, 6.07) is 26.3. The Morgan fingerprint density at radius 1 is 0.769 bits per heavy atom. The predicted octanol–water partition coefficient (Wildman–Crippen LogP) is 4.97. The van der Waals surface area contributed by atoms with Gasteiger partial charge in [-0.1, -0.05) is 0 Å². The molecular formula is C24H20NSe. The van der Waals surface area contributed by atoms with E-state index in [1.807, 2.05) is 0 Å². The quantitative estimate of drug-likeness (QED) is 0.418. The van der Waals surface area contributed by atoms with E-state index < -0.39 is 0 Å². The van der Waals surface area contributed by atoms with Crippen LogP contribution in [0.1, 0.15) is 24.1 Å². The van der Waals surface area contributed by atoms with Gasteiger partial charge in [-0.15, -0.1) is 0 Å². The van der Waals surface area contributed by atoms with Crippen LogP contribution in [0.5, 0.6) is 0 Å². The summed E-state index contributed by atoms with van der Waals surface area (Å²) in [6.07, 6.45) is 4.96. The number of nitrogens with zero attached hydrogens (tertiary/aromatic N) is 1. The van der Waals surface area contributed by atoms with Gasteiger partial charge in [-0.25, -0.2) is 0 Å². The number of para-hydroxylation sites is 1. The van der Waals surface area contributed by atoms with E-state index in [1.54, 1.807) is 5.56 Å². The standard InChI is InChI=1S/C24H20NSe/c26-24-13-7-5-10-19(24)17-14-15-21-20-11-4-6-12-22(20)25(23(21)16-17)18-8-2-1-3-9-18/h1-3,5,7-10,13-16H,4,6,11-12H2. The molecule has 26 heavy (non-hydrogen) atoms. The van der Waals surface area contributed by atoms with Crippen molar-refractivity contribution >= 4 is 31.4 Å². The zero-order valence-corrected chi connectivity index (χ0v) is 16.3. The number of rotatable bonds is 2. The number of hydrogen-bond donors (Lipinski definition) is 0. The second kappa shape index (κ2) is 6.46. The normalized spacial score (nSPS) is 13.7. The SMILES string of the molecule is [Se]c1ccccc1-c1ccc2c3c(n(-c4ccccc4)c2c1)CCCC3. The van der Waals surface area contributed by atoms with Crippen LogP contribution >= 0.6 is 0 Å². The number of aromatic nitrogens is 1. The third-order valence-corrected chi connectivity index (χ3v) is 6.23. The minimum absolute atomic E-state index is 1.17. The van der Waals surface area contributed by atoms with Crippen molar-refractivity contribution < 1.29 is 0 Å². The van der Waals surface area contributed by atoms with E-state index in [0.29, 0.717) is 0 Å². The summed E-state index contributed by atoms with van der Waals surface area (Å²) in [4.78, 5) is 0. The van der Waals surface area contributed by atoms with Gasteiger partial charge in [0.05, 0.1) is 0 Å². The van der Waals surface area contributed by atoms with Crippen molar-refractivity contribution in [3.63, 3.8) is 0 Å². The van der Waals surface area contributed by atoms with Crippen LogP contribution in [-0.2, 0) is 12.8 Å². The van der Waals surface area contributed by atoms with Crippen molar-refractivity contribution in [3.05, 3.63) is 84.1 Å². The molecule has 0 bridgehead atoms. The third kappa shape index (κ3) is 2.53. The minimum atomic E-state index is 1.17. The number of aryl methyl sites for hydroxylation is 1. The number of hydrogen-bond acceptors (Lipinski definition) is 0. The van der Waals surface area contributed by atoms with Gasteiger partial charge in [-0.2, -0.15) is 0 Å². The fourth-order valence-electron chi connectivity index (χ4n) is 4.29. The molecule has 0 unspecified atom stereocenters. The van der Waals surface area contributed by atoms with Gasteiger partial charge >= 0.3 is 162 Å². The molecule has 1 heterocycles. The molecule has 0 spiro atoms. The molecule has 5 rings (SSSR count). The second-order valence-electron chi connectivity index (χ2n) is 7.03. The van der Waals surface area contributed by atoms with E-state index in [2.05, 4.69) is 93.4 Å². The van der Waals surface area contributed by atoms with Gasteiger partial charge in [-0.05, 0) is 0 Å². The van der Waals surface area contributed by atoms with Crippen LogP contribution in [0, 0.1) is 0 Å². The first-order chi connectivity index (χ1) is 12.8. The van der Waals surface area contributed by atoms with Crippen molar-refractivity contribution in [2.24, 2.45) is 0 Å². The Morgan fingerprint density at radius 2 is 1.54 bits per heavy atom. The summed E-state index contributed by atoms with van der Waals surface area (Å²) in [5.74, 6) is 0. The molecule has 0 saturated heterocycles. The Labute approximate surface area is 162 Å². The van der Waals surface area contributed by atoms with E-state index in [-0.39, 0.29) is 0 Å². The molecule has 0 aliphatic heterocycles. The maximum absolute atomic E-state index is 3.21. The molecule has 0 atom stereocenters. The first-order valence-electron chi connectivity index (χ1n) is 9.31. The Hall–Kier alpha value is -2.28. The summed E-state index contributed by atoms with van der Waals surface area (Å²) in [7, 11) is 0. The molecule has 127 valence electrons. The van der Waals surface area contributed by atoms with Gasteiger partial charge in [-0.3, -0.25) is 0 Å². The average molecular weight is 401 g/mol. The van der Waals surface area contributed by atoms with E-state index in [0.717, 1.165) is 0 Å². The van der Waals surface area contributed by atoms with Gasteiger partial charge < -0.3 is 0 Å². The van der Waals surface area contributed by atoms with Gasteiger partial charge in [0.2, 0.25) is 0 Å². The Kier molecular flexibility index (Phi) is 3.96. The summed E-state index contributed by atoms with van der Waals surface area (Å²) >= 11 is 3.21. The maximum atomic E-state index is 3.21. The summed E-state index contributed by atoms with van der Waals surface area (Å²) in [5.41, 5.74) is 8.22. The topological polar surface area (TPSA) is 4.93 Å². The predicted molar refractivity (Wildman–Crippen MR) is 111 cm³/mol. The molecule has 1 aliphatic rings. The van der Waals surface area contributed by atoms with Gasteiger partial charge in [0.15, 0.2) is 0 Å². The molecule has 3 aromatic carbocycles. The van der Waals surface area contributed by atoms with E-state index >= 15 is 0 Å². The summed E-state index contributed by atoms with van der Waals surface area (Å²) in [6.45, 7) is 0. The fraction of sp³-hybridized carbons (Fsp3) is 0.167. The van der Waals surface area contributed by atoms with Crippen LogP contribution in [-0.4, -0.2) is 20.6 Å². The van der Waals surface area contributed by atoms with Crippen molar-refractivity contribution in [1.82, 2.24) is 4.57 Å². The van der Waals surface area contributed by atoms with Gasteiger partial charge in [0.25, 0.3) is 0 Å². The Bertz CT molecular complexity index is 1090. The van der Waals surface area contributed by atoms with E-state index in [4.69, 9.17) is 0 Å². The molecule has 2 heteroatoms. The summed E-state index contributed by atoms with van der Waals surface area (Å²) in [5, 5.41) is 1.42. The first-order valence-corrected chi connectivity index (χ1v) is 10.2. The van der Waals surface area contributed by atoms with Crippen LogP contribution in [0.25, 0.3) is 27.7 Å². The molecule has 0 fully saturated rings. The number of fused-ring (bicyclic) bond motifs is 3. The molecule has 1 aliphatic carbocycles. The molecule has 0 N–H and O–H groups in total. The molecule has 4 aromatic rings. The van der Waals surface area contributed by atoms with Crippen LogP contribution in [0.4, 0.5) is 0 Å². The third-order valence-electron chi connectivity index (χ3n) is 5.48. The van der Waals surface area contributed by atoms with Crippen LogP contribution in [0.3, 0.4) is 0 Å². The second-order valence-corrected chi connectivity index (χ2v) is 7.95. The van der Waals surface area contributed by atoms with E-state index in [1.165, 1.54) is 63.6 Å². The fourth-order valence-corrected chi connectivity index (χ4v) is 4.84. The monoisotopic (exact) mass is 402 g/mol. The molecular weight excluding hydrogens is 381 g/mol. The number of benzene rings is 3. The van der Waals surface area contributed by atoms with Crippen molar-refractivity contribution in [2.45, 2.75) is 25.7 Å². The average Bonchev–Trinajstić information content (AvgIpc) is 3.02. The van der Waals surface area contributed by atoms with Crippen LogP contribution in [0.2, 0.25) is 0 Å². The van der Waals surface area contributed by atoms with Crippen molar-refractivity contribution in [1.29, 1.82) is 0 Å². The van der Waals surface area contributed by atoms with Crippen molar-refractivity contribution in [2.75, 3.05) is 0 Å². The van der Waals surface area contributed by atoms with Crippen LogP contribution < -0.4 is 4.46 Å². The Balaban J connectivity index is 1.81. The molecule has 1 nitrogen and oxygen atoms in total. The molecule has 0 saturated carbocycles. The van der Waals surface area contributed by atoms with Crippen LogP contribution in [0.15, 0.2) is 72.8 Å². The molecule has 1 aromatic heterocycles. The van der Waals surface area contributed by atoms with Gasteiger partial charge in [0.1, 0.15) is 0 Å². The Morgan fingerprint density at radius 3 is 2.38 bits per heavy atom. The van der Waals surface area contributed by atoms with Gasteiger partial charge in [0, 0.05) is 0 Å². The van der Waals surface area contributed by atoms with Crippen molar-refractivity contribution in [3.8, 4) is 16.8 Å². The molecule has 1 radical (unpaired) electrons. The first kappa shape index (κ1) is 15.9. The van der Waals surface area contributed by atoms with E-state index in [9.17, 15) is 0 Å². The zero-order valence-electron chi connectivity index (χ0n) is 14.6.